The molecule has 0 aliphatic carbocycles. The molecule has 1 aromatic carbocycles. The number of anilines is 1. The van der Waals surface area contributed by atoms with Crippen molar-refractivity contribution in [3.8, 4) is 0 Å². The van der Waals surface area contributed by atoms with Crippen molar-refractivity contribution in [3.05, 3.63) is 24.3 Å². The average molecular weight is 329 g/mol. The number of thioether (sulfide) groups is 1. The molecule has 1 aromatic rings. The lowest BCUT2D eigenvalue weighted by Gasteiger charge is -2.31. The van der Waals surface area contributed by atoms with E-state index in [0.717, 1.165) is 29.8 Å². The van der Waals surface area contributed by atoms with Crippen LogP contribution in [0, 0.1) is 5.92 Å². The zero-order valence-electron chi connectivity index (χ0n) is 12.5. The van der Waals surface area contributed by atoms with Crippen molar-refractivity contribution in [3.63, 3.8) is 0 Å². The molecule has 1 fully saturated rings. The van der Waals surface area contributed by atoms with Crippen LogP contribution in [0.25, 0.3) is 0 Å². The van der Waals surface area contributed by atoms with Crippen LogP contribution in [0.1, 0.15) is 26.2 Å². The van der Waals surface area contributed by atoms with Crippen LogP contribution in [0.4, 0.5) is 5.69 Å². The number of nitrogens with two attached hydrogens (primary N) is 1. The number of sulfonamides is 1. The summed E-state index contributed by atoms with van der Waals surface area (Å²) in [5.74, 6) is 1.32. The predicted molar refractivity (Wildman–Crippen MR) is 90.0 cm³/mol. The molecule has 1 heterocycles. The van der Waals surface area contributed by atoms with E-state index in [9.17, 15) is 8.42 Å². The van der Waals surface area contributed by atoms with Crippen molar-refractivity contribution in [2.75, 3.05) is 30.3 Å². The Balaban J connectivity index is 1.84. The molecule has 0 saturated carbocycles. The second-order valence-corrected chi connectivity index (χ2v) is 8.76. The average Bonchev–Trinajstić information content (AvgIpc) is 2.49. The van der Waals surface area contributed by atoms with E-state index in [4.69, 9.17) is 5.73 Å². The minimum absolute atomic E-state index is 0.207. The van der Waals surface area contributed by atoms with Gasteiger partial charge in [0.1, 0.15) is 0 Å². The molecule has 4 nitrogen and oxygen atoms in total. The highest BCUT2D eigenvalue weighted by molar-refractivity contribution is 8.00. The number of nitrogens with zero attached hydrogens (tertiary/aromatic N) is 1. The molecule has 1 aliphatic rings. The van der Waals surface area contributed by atoms with Gasteiger partial charge in [-0.1, -0.05) is 13.3 Å². The SMILES string of the molecule is CCC1CCCN(S(=O)(=O)CCSc2ccc(N)cc2)C1. The Morgan fingerprint density at radius 2 is 2.05 bits per heavy atom. The van der Waals surface area contributed by atoms with Gasteiger partial charge in [-0.05, 0) is 43.0 Å². The Labute approximate surface area is 132 Å². The molecule has 1 atom stereocenters. The molecule has 118 valence electrons. The van der Waals surface area contributed by atoms with E-state index in [0.29, 0.717) is 24.8 Å². The summed E-state index contributed by atoms with van der Waals surface area (Å²) in [7, 11) is -3.12. The molecule has 0 radical (unpaired) electrons. The van der Waals surface area contributed by atoms with Gasteiger partial charge in [-0.25, -0.2) is 12.7 Å². The van der Waals surface area contributed by atoms with E-state index >= 15 is 0 Å². The summed E-state index contributed by atoms with van der Waals surface area (Å²) < 4.78 is 26.5. The van der Waals surface area contributed by atoms with Crippen LogP contribution >= 0.6 is 11.8 Å². The highest BCUT2D eigenvalue weighted by atomic mass is 32.2. The maximum atomic E-state index is 12.4. The van der Waals surface area contributed by atoms with E-state index in [1.165, 1.54) is 0 Å². The first-order chi connectivity index (χ1) is 10.0. The monoisotopic (exact) mass is 328 g/mol. The van der Waals surface area contributed by atoms with E-state index in [1.54, 1.807) is 16.1 Å². The Hall–Kier alpha value is -0.720. The minimum atomic E-state index is -3.12. The summed E-state index contributed by atoms with van der Waals surface area (Å²) in [4.78, 5) is 1.06. The minimum Gasteiger partial charge on any atom is -0.399 e. The van der Waals surface area contributed by atoms with Crippen LogP contribution in [-0.2, 0) is 10.0 Å². The molecule has 1 saturated heterocycles. The maximum absolute atomic E-state index is 12.4. The topological polar surface area (TPSA) is 63.4 Å². The van der Waals surface area contributed by atoms with E-state index < -0.39 is 10.0 Å². The summed E-state index contributed by atoms with van der Waals surface area (Å²) in [5, 5.41) is 0. The number of nitrogen functional groups attached to an aromatic ring is 1. The molecule has 1 unspecified atom stereocenters. The zero-order valence-corrected chi connectivity index (χ0v) is 14.1. The summed E-state index contributed by atoms with van der Waals surface area (Å²) >= 11 is 1.57. The number of piperidine rings is 1. The Morgan fingerprint density at radius 1 is 1.33 bits per heavy atom. The van der Waals surface area contributed by atoms with E-state index in [-0.39, 0.29) is 5.75 Å². The molecule has 0 amide bonds. The number of hydrogen-bond donors (Lipinski definition) is 1. The third-order valence-electron chi connectivity index (χ3n) is 3.94. The van der Waals surface area contributed by atoms with Gasteiger partial charge in [0.25, 0.3) is 0 Å². The van der Waals surface area contributed by atoms with Crippen molar-refractivity contribution < 1.29 is 8.42 Å². The van der Waals surface area contributed by atoms with Crippen LogP contribution in [0.3, 0.4) is 0 Å². The molecular formula is C15H24N2O2S2. The van der Waals surface area contributed by atoms with Crippen molar-refractivity contribution >= 4 is 27.5 Å². The van der Waals surface area contributed by atoms with Crippen LogP contribution in [0.5, 0.6) is 0 Å². The number of rotatable bonds is 6. The smallest absolute Gasteiger partial charge is 0.214 e. The fourth-order valence-electron chi connectivity index (χ4n) is 2.57. The van der Waals surface area contributed by atoms with Crippen LogP contribution in [0.2, 0.25) is 0 Å². The van der Waals surface area contributed by atoms with Crippen LogP contribution in [0.15, 0.2) is 29.2 Å². The first kappa shape index (κ1) is 16.6. The first-order valence-corrected chi connectivity index (χ1v) is 10.1. The van der Waals surface area contributed by atoms with Gasteiger partial charge in [0.2, 0.25) is 10.0 Å². The van der Waals surface area contributed by atoms with Gasteiger partial charge in [-0.15, -0.1) is 11.8 Å². The Morgan fingerprint density at radius 3 is 2.71 bits per heavy atom. The Bertz CT molecular complexity index is 543. The quantitative estimate of drug-likeness (QED) is 0.644. The lowest BCUT2D eigenvalue weighted by molar-refractivity contribution is 0.262. The Kier molecular flexibility index (Phi) is 5.96. The third-order valence-corrected chi connectivity index (χ3v) is 7.05. The molecule has 0 bridgehead atoms. The van der Waals surface area contributed by atoms with Crippen molar-refractivity contribution in [1.82, 2.24) is 4.31 Å². The molecular weight excluding hydrogens is 304 g/mol. The third kappa shape index (κ3) is 4.90. The van der Waals surface area contributed by atoms with Crippen molar-refractivity contribution in [1.29, 1.82) is 0 Å². The number of hydrogen-bond acceptors (Lipinski definition) is 4. The lowest BCUT2D eigenvalue weighted by Crippen LogP contribution is -2.41. The summed E-state index contributed by atoms with van der Waals surface area (Å²) in [5.41, 5.74) is 6.36. The van der Waals surface area contributed by atoms with Gasteiger partial charge in [0, 0.05) is 29.4 Å². The first-order valence-electron chi connectivity index (χ1n) is 7.47. The van der Waals surface area contributed by atoms with Crippen LogP contribution in [-0.4, -0.2) is 37.3 Å². The normalized spacial score (nSPS) is 20.5. The molecule has 0 spiro atoms. The molecule has 0 aromatic heterocycles. The van der Waals surface area contributed by atoms with Crippen LogP contribution < -0.4 is 5.73 Å². The van der Waals surface area contributed by atoms with Gasteiger partial charge >= 0.3 is 0 Å². The summed E-state index contributed by atoms with van der Waals surface area (Å²) in [6.07, 6.45) is 3.21. The molecule has 21 heavy (non-hydrogen) atoms. The van der Waals surface area contributed by atoms with Crippen molar-refractivity contribution in [2.24, 2.45) is 5.92 Å². The van der Waals surface area contributed by atoms with E-state index in [2.05, 4.69) is 6.92 Å². The van der Waals surface area contributed by atoms with Gasteiger partial charge in [-0.2, -0.15) is 0 Å². The summed E-state index contributed by atoms with van der Waals surface area (Å²) in [6, 6.07) is 7.54. The molecule has 6 heteroatoms. The van der Waals surface area contributed by atoms with Gasteiger partial charge in [-0.3, -0.25) is 0 Å². The highest BCUT2D eigenvalue weighted by Crippen LogP contribution is 2.23. The van der Waals surface area contributed by atoms with Gasteiger partial charge in [0.15, 0.2) is 0 Å². The molecule has 2 N–H and O–H groups in total. The number of benzene rings is 1. The highest BCUT2D eigenvalue weighted by Gasteiger charge is 2.27. The maximum Gasteiger partial charge on any atom is 0.214 e. The van der Waals surface area contributed by atoms with Crippen molar-refractivity contribution in [2.45, 2.75) is 31.1 Å². The largest absolute Gasteiger partial charge is 0.399 e. The van der Waals surface area contributed by atoms with E-state index in [1.807, 2.05) is 24.3 Å². The zero-order chi connectivity index (χ0) is 15.3. The molecule has 2 rings (SSSR count). The lowest BCUT2D eigenvalue weighted by atomic mass is 9.97. The fraction of sp³-hybridized carbons (Fsp3) is 0.600. The standard InChI is InChI=1S/C15H24N2O2S2/c1-2-13-4-3-9-17(12-13)21(18,19)11-10-20-15-7-5-14(16)6-8-15/h5-8,13H,2-4,9-12,16H2,1H3. The molecule has 1 aliphatic heterocycles. The summed E-state index contributed by atoms with van der Waals surface area (Å²) in [6.45, 7) is 3.52. The second kappa shape index (κ2) is 7.51. The van der Waals surface area contributed by atoms with Gasteiger partial charge < -0.3 is 5.73 Å². The predicted octanol–water partition coefficient (Wildman–Crippen LogP) is 2.81. The van der Waals surface area contributed by atoms with Gasteiger partial charge in [0.05, 0.1) is 5.75 Å². The second-order valence-electron chi connectivity index (χ2n) is 5.51. The fourth-order valence-corrected chi connectivity index (χ4v) is 5.41.